The van der Waals surface area contributed by atoms with Crippen LogP contribution in [0.1, 0.15) is 65.2 Å². The molecule has 0 aromatic rings. The van der Waals surface area contributed by atoms with E-state index in [0.29, 0.717) is 19.3 Å². The molecule has 0 bridgehead atoms. The van der Waals surface area contributed by atoms with Crippen molar-refractivity contribution < 1.29 is 28.6 Å². The predicted molar refractivity (Wildman–Crippen MR) is 109 cm³/mol. The van der Waals surface area contributed by atoms with Gasteiger partial charge in [-0.25, -0.2) is 4.79 Å². The van der Waals surface area contributed by atoms with Crippen LogP contribution in [0.25, 0.3) is 0 Å². The average Bonchev–Trinajstić information content (AvgIpc) is 3.21. The first-order valence-corrected chi connectivity index (χ1v) is 11.7. The van der Waals surface area contributed by atoms with Crippen molar-refractivity contribution in [1.29, 1.82) is 0 Å². The fourth-order valence-corrected chi connectivity index (χ4v) is 8.66. The Kier molecular flexibility index (Phi) is 3.77. The summed E-state index contributed by atoms with van der Waals surface area (Å²) in [7, 11) is 1.38. The number of methoxy groups -OCH3 is 1. The summed E-state index contributed by atoms with van der Waals surface area (Å²) in [5, 5.41) is 3.10. The first-order valence-electron chi connectivity index (χ1n) is 11.7. The van der Waals surface area contributed by atoms with E-state index < -0.39 is 11.7 Å². The number of ketones is 1. The monoisotopic (exact) mass is 429 g/mol. The highest BCUT2D eigenvalue weighted by atomic mass is 16.6. The van der Waals surface area contributed by atoms with Crippen molar-refractivity contribution >= 4 is 17.8 Å². The molecule has 2 saturated heterocycles. The van der Waals surface area contributed by atoms with Crippen LogP contribution in [0.2, 0.25) is 0 Å². The van der Waals surface area contributed by atoms with Crippen molar-refractivity contribution in [2.45, 2.75) is 88.6 Å². The second kappa shape index (κ2) is 5.91. The lowest BCUT2D eigenvalue weighted by Gasteiger charge is -2.59. The van der Waals surface area contributed by atoms with Crippen LogP contribution in [0.3, 0.4) is 0 Å². The molecule has 0 aromatic carbocycles. The Balaban J connectivity index is 1.46. The van der Waals surface area contributed by atoms with Gasteiger partial charge in [0.25, 0.3) is 0 Å². The van der Waals surface area contributed by atoms with E-state index in [1.54, 1.807) is 0 Å². The summed E-state index contributed by atoms with van der Waals surface area (Å²) in [6.45, 7) is 4.54. The third-order valence-corrected chi connectivity index (χ3v) is 10.2. The van der Waals surface area contributed by atoms with E-state index in [9.17, 15) is 14.4 Å². The number of esters is 1. The summed E-state index contributed by atoms with van der Waals surface area (Å²) in [6.07, 6.45) is 7.35. The molecule has 0 aromatic heterocycles. The minimum absolute atomic E-state index is 0.0527. The van der Waals surface area contributed by atoms with E-state index in [-0.39, 0.29) is 52.2 Å². The Hall–Kier alpha value is -1.89. The third-order valence-electron chi connectivity index (χ3n) is 10.2. The van der Waals surface area contributed by atoms with E-state index in [1.807, 2.05) is 6.08 Å². The summed E-state index contributed by atoms with van der Waals surface area (Å²) in [5.74, 6) is 0.445. The molecule has 8 atom stereocenters. The number of rotatable bonds is 1. The van der Waals surface area contributed by atoms with Gasteiger partial charge in [0.1, 0.15) is 11.2 Å². The van der Waals surface area contributed by atoms with Crippen LogP contribution in [0.4, 0.5) is 4.79 Å². The molecule has 6 aliphatic rings. The highest BCUT2D eigenvalue weighted by Crippen LogP contribution is 2.77. The molecule has 3 saturated carbocycles. The van der Waals surface area contributed by atoms with Crippen LogP contribution in [0, 0.1) is 22.7 Å². The van der Waals surface area contributed by atoms with Crippen molar-refractivity contribution in [3.05, 3.63) is 11.6 Å². The normalized spacial score (nSPS) is 51.8. The molecule has 4 aliphatic carbocycles. The van der Waals surface area contributed by atoms with Crippen molar-refractivity contribution in [1.82, 2.24) is 5.32 Å². The fraction of sp³-hybridized carbons (Fsp3) is 0.792. The molecular formula is C24H31NO6. The number of nitrogens with one attached hydrogen (secondary N) is 1. The van der Waals surface area contributed by atoms with Gasteiger partial charge in [-0.1, -0.05) is 19.4 Å². The maximum atomic E-state index is 12.3. The fourth-order valence-electron chi connectivity index (χ4n) is 8.66. The van der Waals surface area contributed by atoms with Gasteiger partial charge in [0, 0.05) is 35.6 Å². The van der Waals surface area contributed by atoms with Gasteiger partial charge < -0.3 is 19.5 Å². The summed E-state index contributed by atoms with van der Waals surface area (Å²) in [4.78, 5) is 36.7. The van der Waals surface area contributed by atoms with Crippen LogP contribution in [0.5, 0.6) is 0 Å². The quantitative estimate of drug-likeness (QED) is 0.509. The zero-order valence-electron chi connectivity index (χ0n) is 18.5. The highest BCUT2D eigenvalue weighted by Gasteiger charge is 2.83. The number of amides is 1. The molecule has 168 valence electrons. The Bertz CT molecular complexity index is 929. The van der Waals surface area contributed by atoms with E-state index in [1.165, 1.54) is 7.11 Å². The average molecular weight is 430 g/mol. The lowest BCUT2D eigenvalue weighted by Crippen LogP contribution is -2.66. The van der Waals surface area contributed by atoms with E-state index in [4.69, 9.17) is 14.2 Å². The first kappa shape index (κ1) is 19.8. The molecule has 2 heterocycles. The van der Waals surface area contributed by atoms with Crippen molar-refractivity contribution in [2.75, 3.05) is 7.11 Å². The summed E-state index contributed by atoms with van der Waals surface area (Å²) < 4.78 is 17.7. The van der Waals surface area contributed by atoms with Gasteiger partial charge >= 0.3 is 12.1 Å². The highest BCUT2D eigenvalue weighted by molar-refractivity contribution is 5.92. The van der Waals surface area contributed by atoms with Crippen LogP contribution in [0.15, 0.2) is 11.6 Å². The molecule has 1 amide bonds. The van der Waals surface area contributed by atoms with Gasteiger partial charge in [0.15, 0.2) is 5.78 Å². The Morgan fingerprint density at radius 2 is 2.00 bits per heavy atom. The zero-order chi connectivity index (χ0) is 21.8. The molecule has 7 nitrogen and oxygen atoms in total. The molecule has 3 unspecified atom stereocenters. The molecule has 0 radical (unpaired) electrons. The van der Waals surface area contributed by atoms with Crippen LogP contribution < -0.4 is 5.32 Å². The zero-order valence-corrected chi connectivity index (χ0v) is 18.5. The topological polar surface area (TPSA) is 94.2 Å². The van der Waals surface area contributed by atoms with E-state index in [0.717, 1.165) is 37.7 Å². The van der Waals surface area contributed by atoms with Crippen LogP contribution >= 0.6 is 0 Å². The van der Waals surface area contributed by atoms with Crippen LogP contribution in [-0.4, -0.2) is 48.3 Å². The van der Waals surface area contributed by atoms with E-state index in [2.05, 4.69) is 19.2 Å². The molecule has 2 spiro atoms. The van der Waals surface area contributed by atoms with Gasteiger partial charge in [-0.3, -0.25) is 9.59 Å². The van der Waals surface area contributed by atoms with Crippen molar-refractivity contribution in [2.24, 2.45) is 22.7 Å². The lowest BCUT2D eigenvalue weighted by molar-refractivity contribution is -0.165. The number of ether oxygens (including phenoxy) is 3. The van der Waals surface area contributed by atoms with Gasteiger partial charge in [-0.2, -0.15) is 0 Å². The molecular weight excluding hydrogens is 398 g/mol. The van der Waals surface area contributed by atoms with Gasteiger partial charge in [-0.05, 0) is 50.5 Å². The largest absolute Gasteiger partial charge is 0.458 e. The molecule has 2 aliphatic heterocycles. The second-order valence-corrected chi connectivity index (χ2v) is 11.1. The number of hydrogen-bond acceptors (Lipinski definition) is 6. The van der Waals surface area contributed by atoms with Crippen LogP contribution in [-0.2, 0) is 23.8 Å². The van der Waals surface area contributed by atoms with Gasteiger partial charge in [0.05, 0.1) is 13.2 Å². The van der Waals surface area contributed by atoms with Crippen molar-refractivity contribution in [3.8, 4) is 0 Å². The number of epoxide rings is 1. The standard InChI is InChI=1S/C24H31NO6/c1-21-7-4-14(26)10-13(21)11-16(25-20(28)29-3)19-15-5-8-23(9-6-18(27)31-23)22(15,2)12-17-24(19,21)30-17/h10,15-17,19H,4-9,11-12H2,1-3H3,(H,25,28)/t15?,16-,17+,19?,21+,22+,23-,24?/m1/s1. The number of fused-ring (bicyclic) bond motifs is 4. The number of alkyl carbamates (subject to hydrolysis) is 1. The minimum atomic E-state index is -0.448. The number of carbonyl (C=O) groups excluding carboxylic acids is 3. The molecule has 1 N–H and O–H groups in total. The summed E-state index contributed by atoms with van der Waals surface area (Å²) in [5.41, 5.74) is -0.0579. The lowest BCUT2D eigenvalue weighted by atomic mass is 9.45. The second-order valence-electron chi connectivity index (χ2n) is 11.1. The van der Waals surface area contributed by atoms with Crippen molar-refractivity contribution in [3.63, 3.8) is 0 Å². The first-order chi connectivity index (χ1) is 14.7. The number of hydrogen-bond donors (Lipinski definition) is 1. The maximum Gasteiger partial charge on any atom is 0.407 e. The summed E-state index contributed by atoms with van der Waals surface area (Å²) in [6, 6.07) is -0.167. The van der Waals surface area contributed by atoms with Gasteiger partial charge in [0.2, 0.25) is 0 Å². The molecule has 31 heavy (non-hydrogen) atoms. The van der Waals surface area contributed by atoms with E-state index >= 15 is 0 Å². The smallest absolute Gasteiger partial charge is 0.407 e. The Labute approximate surface area is 182 Å². The maximum absolute atomic E-state index is 12.3. The Morgan fingerprint density at radius 3 is 2.71 bits per heavy atom. The predicted octanol–water partition coefficient (Wildman–Crippen LogP) is 3.06. The Morgan fingerprint density at radius 1 is 1.19 bits per heavy atom. The SMILES string of the molecule is COC(=O)N[C@@H]1CC2=CC(=O)CC[C@]2(C)C23O[C@H]2C[C@@]2(C)C(CC[C@@]24CCC(=O)O4)C13. The third kappa shape index (κ3) is 2.21. The minimum Gasteiger partial charge on any atom is -0.458 e. The molecule has 7 heteroatoms. The molecule has 5 fully saturated rings. The summed E-state index contributed by atoms with van der Waals surface area (Å²) >= 11 is 0. The van der Waals surface area contributed by atoms with Gasteiger partial charge in [-0.15, -0.1) is 0 Å². The number of carbonyl (C=O) groups is 3. The molecule has 6 rings (SSSR count).